The zero-order valence-electron chi connectivity index (χ0n) is 17.2. The van der Waals surface area contributed by atoms with Crippen molar-refractivity contribution in [3.05, 3.63) is 78.5 Å². The maximum absolute atomic E-state index is 12.7. The summed E-state index contributed by atoms with van der Waals surface area (Å²) in [5.74, 6) is 1.18. The highest BCUT2D eigenvalue weighted by Gasteiger charge is 2.20. The summed E-state index contributed by atoms with van der Waals surface area (Å²) in [6.45, 7) is 5.02. The number of hydrogen-bond donors (Lipinski definition) is 1. The minimum atomic E-state index is -0.0264. The van der Waals surface area contributed by atoms with Gasteiger partial charge < -0.3 is 19.4 Å². The molecule has 0 radical (unpaired) electrons. The number of aromatic amines is 1. The molecule has 0 bridgehead atoms. The van der Waals surface area contributed by atoms with Gasteiger partial charge in [0, 0.05) is 35.8 Å². The smallest absolute Gasteiger partial charge is 0.260 e. The highest BCUT2D eigenvalue weighted by Crippen LogP contribution is 2.30. The van der Waals surface area contributed by atoms with E-state index >= 15 is 0 Å². The van der Waals surface area contributed by atoms with Crippen LogP contribution in [0.25, 0.3) is 16.5 Å². The Morgan fingerprint density at radius 2 is 2.10 bits per heavy atom. The Morgan fingerprint density at radius 1 is 1.23 bits per heavy atom. The summed E-state index contributed by atoms with van der Waals surface area (Å²) in [6, 6.07) is 14.0. The van der Waals surface area contributed by atoms with Gasteiger partial charge in [-0.1, -0.05) is 36.4 Å². The molecule has 5 nitrogen and oxygen atoms in total. The number of carbonyl (C=O) groups excluding carboxylic acids is 1. The van der Waals surface area contributed by atoms with Gasteiger partial charge in [-0.05, 0) is 42.2 Å². The molecule has 0 saturated heterocycles. The molecule has 0 aliphatic carbocycles. The second-order valence-electron chi connectivity index (χ2n) is 7.33. The monoisotopic (exact) mass is 402 g/mol. The van der Waals surface area contributed by atoms with E-state index in [-0.39, 0.29) is 12.5 Å². The molecule has 1 aliphatic heterocycles. The summed E-state index contributed by atoms with van der Waals surface area (Å²) >= 11 is 0. The van der Waals surface area contributed by atoms with E-state index in [4.69, 9.17) is 9.47 Å². The summed E-state index contributed by atoms with van der Waals surface area (Å²) in [5.41, 5.74) is 4.72. The molecular formula is C25H26N2O3. The molecule has 1 aromatic heterocycles. The van der Waals surface area contributed by atoms with Crippen molar-refractivity contribution in [2.45, 2.75) is 12.8 Å². The Kier molecular flexibility index (Phi) is 5.89. The molecule has 0 saturated carbocycles. The number of methoxy groups -OCH3 is 1. The van der Waals surface area contributed by atoms with Gasteiger partial charge >= 0.3 is 0 Å². The van der Waals surface area contributed by atoms with E-state index in [9.17, 15) is 4.79 Å². The number of aromatic nitrogens is 1. The largest absolute Gasteiger partial charge is 0.493 e. The average Bonchev–Trinajstić information content (AvgIpc) is 3.22. The number of para-hydroxylation sites is 1. The molecule has 1 amide bonds. The fraction of sp³-hybridized carbons (Fsp3) is 0.240. The van der Waals surface area contributed by atoms with Gasteiger partial charge in [0.2, 0.25) is 0 Å². The Balaban J connectivity index is 1.38. The lowest BCUT2D eigenvalue weighted by molar-refractivity contribution is -0.132. The van der Waals surface area contributed by atoms with Gasteiger partial charge in [0.05, 0.1) is 7.11 Å². The van der Waals surface area contributed by atoms with Crippen LogP contribution in [-0.4, -0.2) is 42.6 Å². The lowest BCUT2D eigenvalue weighted by Crippen LogP contribution is -2.37. The lowest BCUT2D eigenvalue weighted by atomic mass is 9.99. The van der Waals surface area contributed by atoms with Gasteiger partial charge in [-0.3, -0.25) is 4.79 Å². The number of nitrogens with one attached hydrogen (secondary N) is 1. The van der Waals surface area contributed by atoms with Gasteiger partial charge in [-0.25, -0.2) is 0 Å². The fourth-order valence-corrected chi connectivity index (χ4v) is 3.83. The number of benzene rings is 2. The highest BCUT2D eigenvalue weighted by atomic mass is 16.5. The van der Waals surface area contributed by atoms with Crippen molar-refractivity contribution in [1.82, 2.24) is 9.88 Å². The second kappa shape index (κ2) is 8.91. The maximum atomic E-state index is 12.7. The second-order valence-corrected chi connectivity index (χ2v) is 7.33. The first-order chi connectivity index (χ1) is 14.7. The number of carbonyl (C=O) groups is 1. The summed E-state index contributed by atoms with van der Waals surface area (Å²) in [7, 11) is 1.60. The third-order valence-corrected chi connectivity index (χ3v) is 5.46. The van der Waals surface area contributed by atoms with Gasteiger partial charge in [-0.15, -0.1) is 6.58 Å². The first kappa shape index (κ1) is 19.8. The van der Waals surface area contributed by atoms with Crippen molar-refractivity contribution in [1.29, 1.82) is 0 Å². The number of fused-ring (bicyclic) bond motifs is 1. The molecule has 1 N–H and O–H groups in total. The van der Waals surface area contributed by atoms with E-state index in [1.807, 2.05) is 35.2 Å². The van der Waals surface area contributed by atoms with Crippen molar-refractivity contribution in [3.63, 3.8) is 0 Å². The Hall–Kier alpha value is -3.47. The Bertz CT molecular complexity index is 1100. The van der Waals surface area contributed by atoms with Crippen LogP contribution in [0.15, 0.2) is 67.4 Å². The third-order valence-electron chi connectivity index (χ3n) is 5.46. The minimum Gasteiger partial charge on any atom is -0.493 e. The van der Waals surface area contributed by atoms with Crippen molar-refractivity contribution in [2.24, 2.45) is 0 Å². The summed E-state index contributed by atoms with van der Waals surface area (Å²) in [5, 5.41) is 1.22. The number of H-pyrrole nitrogens is 1. The number of allylic oxidation sites excluding steroid dienone is 1. The zero-order chi connectivity index (χ0) is 20.9. The number of ether oxygens (including phenoxy) is 2. The molecule has 0 spiro atoms. The van der Waals surface area contributed by atoms with Crippen LogP contribution in [0, 0.1) is 0 Å². The van der Waals surface area contributed by atoms with Gasteiger partial charge in [-0.2, -0.15) is 0 Å². The molecular weight excluding hydrogens is 376 g/mol. The first-order valence-electron chi connectivity index (χ1n) is 10.1. The van der Waals surface area contributed by atoms with E-state index < -0.39 is 0 Å². The summed E-state index contributed by atoms with van der Waals surface area (Å²) < 4.78 is 11.2. The molecule has 0 unspecified atom stereocenters. The van der Waals surface area contributed by atoms with Crippen LogP contribution >= 0.6 is 0 Å². The van der Waals surface area contributed by atoms with E-state index in [0.717, 1.165) is 23.9 Å². The molecule has 4 rings (SSSR count). The van der Waals surface area contributed by atoms with Crippen LogP contribution in [0.1, 0.15) is 17.5 Å². The lowest BCUT2D eigenvalue weighted by Gasteiger charge is -2.26. The van der Waals surface area contributed by atoms with Crippen molar-refractivity contribution in [3.8, 4) is 11.5 Å². The molecule has 1 aliphatic rings. The average molecular weight is 402 g/mol. The van der Waals surface area contributed by atoms with E-state index in [1.165, 1.54) is 16.5 Å². The van der Waals surface area contributed by atoms with Crippen molar-refractivity contribution >= 4 is 22.4 Å². The number of amides is 1. The Labute approximate surface area is 176 Å². The zero-order valence-corrected chi connectivity index (χ0v) is 17.2. The predicted molar refractivity (Wildman–Crippen MR) is 120 cm³/mol. The van der Waals surface area contributed by atoms with Gasteiger partial charge in [0.1, 0.15) is 0 Å². The van der Waals surface area contributed by atoms with E-state index in [0.29, 0.717) is 24.6 Å². The summed E-state index contributed by atoms with van der Waals surface area (Å²) in [4.78, 5) is 17.8. The van der Waals surface area contributed by atoms with Crippen LogP contribution in [0.4, 0.5) is 0 Å². The number of nitrogens with zero attached hydrogens (tertiary/aromatic N) is 1. The minimum absolute atomic E-state index is 0.00652. The molecule has 30 heavy (non-hydrogen) atoms. The quantitative estimate of drug-likeness (QED) is 0.588. The number of hydrogen-bond acceptors (Lipinski definition) is 3. The molecule has 5 heteroatoms. The van der Waals surface area contributed by atoms with Gasteiger partial charge in [0.25, 0.3) is 5.91 Å². The van der Waals surface area contributed by atoms with E-state index in [1.54, 1.807) is 7.11 Å². The molecule has 0 atom stereocenters. The molecule has 2 aromatic carbocycles. The van der Waals surface area contributed by atoms with Crippen LogP contribution in [0.5, 0.6) is 11.5 Å². The Morgan fingerprint density at radius 3 is 2.87 bits per heavy atom. The molecule has 2 heterocycles. The van der Waals surface area contributed by atoms with Crippen molar-refractivity contribution in [2.75, 3.05) is 26.8 Å². The molecule has 3 aromatic rings. The normalized spacial score (nSPS) is 13.8. The fourth-order valence-electron chi connectivity index (χ4n) is 3.83. The number of rotatable bonds is 7. The topological polar surface area (TPSA) is 54.6 Å². The third kappa shape index (κ3) is 4.10. The molecule has 0 fully saturated rings. The van der Waals surface area contributed by atoms with Crippen LogP contribution in [-0.2, 0) is 11.2 Å². The maximum Gasteiger partial charge on any atom is 0.260 e. The van der Waals surface area contributed by atoms with Crippen molar-refractivity contribution < 1.29 is 14.3 Å². The SMILES string of the molecule is C=CCc1ccc(OCC(=O)N2CC=C(c3c[nH]c4ccccc34)CC2)c(OC)c1. The van der Waals surface area contributed by atoms with Gasteiger partial charge in [0.15, 0.2) is 18.1 Å². The predicted octanol–water partition coefficient (Wildman–Crippen LogP) is 4.60. The summed E-state index contributed by atoms with van der Waals surface area (Å²) in [6.07, 6.45) is 7.62. The standard InChI is InChI=1S/C25H26N2O3/c1-3-6-18-9-10-23(24(15-18)29-2)30-17-25(28)27-13-11-19(12-14-27)21-16-26-22-8-5-4-7-20(21)22/h3-5,7-11,15-16,26H,1,6,12-14,17H2,2H3. The van der Waals surface area contributed by atoms with Crippen LogP contribution in [0.2, 0.25) is 0 Å². The highest BCUT2D eigenvalue weighted by molar-refractivity contribution is 5.93. The first-order valence-corrected chi connectivity index (χ1v) is 10.1. The van der Waals surface area contributed by atoms with E-state index in [2.05, 4.69) is 42.0 Å². The van der Waals surface area contributed by atoms with Crippen LogP contribution in [0.3, 0.4) is 0 Å². The van der Waals surface area contributed by atoms with Crippen LogP contribution < -0.4 is 9.47 Å². The molecule has 154 valence electrons.